The zero-order valence-corrected chi connectivity index (χ0v) is 21.7. The molecule has 0 saturated heterocycles. The van der Waals surface area contributed by atoms with E-state index in [4.69, 9.17) is 21.1 Å². The number of allylic oxidation sites excluding steroid dienone is 1. The number of aromatic nitrogens is 3. The van der Waals surface area contributed by atoms with E-state index >= 15 is 0 Å². The summed E-state index contributed by atoms with van der Waals surface area (Å²) in [5, 5.41) is 9.28. The van der Waals surface area contributed by atoms with Crippen LogP contribution in [0.1, 0.15) is 50.8 Å². The number of esters is 1. The molecule has 0 saturated carbocycles. The Morgan fingerprint density at radius 3 is 2.57 bits per heavy atom. The maximum Gasteiger partial charge on any atom is 0.338 e. The second-order valence-electron chi connectivity index (χ2n) is 8.14. The first kappa shape index (κ1) is 25.1. The molecule has 35 heavy (non-hydrogen) atoms. The quantitative estimate of drug-likeness (QED) is 0.195. The van der Waals surface area contributed by atoms with Gasteiger partial charge in [0.25, 0.3) is 0 Å². The number of hydrogen-bond acceptors (Lipinski definition) is 7. The average Bonchev–Trinajstić information content (AvgIpc) is 3.25. The van der Waals surface area contributed by atoms with Gasteiger partial charge in [-0.2, -0.15) is 4.98 Å². The van der Waals surface area contributed by atoms with Crippen molar-refractivity contribution < 1.29 is 14.3 Å². The van der Waals surface area contributed by atoms with Gasteiger partial charge in [0.1, 0.15) is 18.4 Å². The summed E-state index contributed by atoms with van der Waals surface area (Å²) in [5.74, 6) is 1.84. The minimum absolute atomic E-state index is 0.345. The molecule has 0 spiro atoms. The fraction of sp³-hybridized carbons (Fsp3) is 0.346. The van der Waals surface area contributed by atoms with Crippen molar-refractivity contribution in [2.24, 2.45) is 0 Å². The van der Waals surface area contributed by atoms with Crippen LogP contribution in [-0.4, -0.2) is 33.1 Å². The SMILES string of the molecule is CCCCOC(=O)C1=C(C)Nc2nc(SCC)nn2C1c1ccc(OCc2ccc(Cl)cc2)cc1. The monoisotopic (exact) mass is 512 g/mol. The Morgan fingerprint density at radius 1 is 1.14 bits per heavy atom. The highest BCUT2D eigenvalue weighted by atomic mass is 35.5. The molecular formula is C26H29ClN4O3S. The summed E-state index contributed by atoms with van der Waals surface area (Å²) in [6, 6.07) is 14.8. The third-order valence-corrected chi connectivity index (χ3v) is 6.54. The molecule has 0 radical (unpaired) electrons. The van der Waals surface area contributed by atoms with E-state index in [-0.39, 0.29) is 5.97 Å². The lowest BCUT2D eigenvalue weighted by atomic mass is 9.96. The van der Waals surface area contributed by atoms with Crippen LogP contribution in [0.2, 0.25) is 5.02 Å². The van der Waals surface area contributed by atoms with E-state index in [0.717, 1.165) is 35.5 Å². The van der Waals surface area contributed by atoms with E-state index in [1.165, 1.54) is 0 Å². The molecule has 0 bridgehead atoms. The molecule has 2 aromatic carbocycles. The number of unbranched alkanes of at least 4 members (excludes halogenated alkanes) is 1. The number of rotatable bonds is 10. The number of nitrogens with zero attached hydrogens (tertiary/aromatic N) is 3. The summed E-state index contributed by atoms with van der Waals surface area (Å²) in [7, 11) is 0. The van der Waals surface area contributed by atoms with Gasteiger partial charge in [0.15, 0.2) is 0 Å². The summed E-state index contributed by atoms with van der Waals surface area (Å²) < 4.78 is 13.3. The van der Waals surface area contributed by atoms with Gasteiger partial charge >= 0.3 is 5.97 Å². The molecule has 4 rings (SSSR count). The third-order valence-electron chi connectivity index (χ3n) is 5.57. The summed E-state index contributed by atoms with van der Waals surface area (Å²) >= 11 is 7.52. The Morgan fingerprint density at radius 2 is 1.89 bits per heavy atom. The molecule has 2 heterocycles. The van der Waals surface area contributed by atoms with Crippen LogP contribution in [0, 0.1) is 0 Å². The van der Waals surface area contributed by atoms with Crippen molar-refractivity contribution in [1.29, 1.82) is 0 Å². The second kappa shape index (κ2) is 11.6. The normalized spacial score (nSPS) is 14.9. The lowest BCUT2D eigenvalue weighted by molar-refractivity contribution is -0.139. The first-order valence-electron chi connectivity index (χ1n) is 11.7. The van der Waals surface area contributed by atoms with Crippen molar-refractivity contribution in [2.45, 2.75) is 51.4 Å². The van der Waals surface area contributed by atoms with Crippen molar-refractivity contribution in [1.82, 2.24) is 14.8 Å². The average molecular weight is 513 g/mol. The maximum atomic E-state index is 13.1. The fourth-order valence-corrected chi connectivity index (χ4v) is 4.46. The van der Waals surface area contributed by atoms with Gasteiger partial charge in [0.05, 0.1) is 12.2 Å². The number of anilines is 1. The van der Waals surface area contributed by atoms with Gasteiger partial charge in [-0.1, -0.05) is 67.9 Å². The molecule has 1 N–H and O–H groups in total. The van der Waals surface area contributed by atoms with E-state index in [1.807, 2.05) is 55.5 Å². The molecule has 9 heteroatoms. The van der Waals surface area contributed by atoms with Gasteiger partial charge in [0, 0.05) is 10.7 Å². The molecule has 184 valence electrons. The molecular weight excluding hydrogens is 484 g/mol. The summed E-state index contributed by atoms with van der Waals surface area (Å²) in [5.41, 5.74) is 3.17. The maximum absolute atomic E-state index is 13.1. The predicted molar refractivity (Wildman–Crippen MR) is 139 cm³/mol. The molecule has 0 amide bonds. The predicted octanol–water partition coefficient (Wildman–Crippen LogP) is 6.25. The zero-order chi connectivity index (χ0) is 24.8. The van der Waals surface area contributed by atoms with Crippen LogP contribution in [-0.2, 0) is 16.1 Å². The number of carbonyl (C=O) groups is 1. The lowest BCUT2D eigenvalue weighted by Gasteiger charge is -2.28. The number of benzene rings is 2. The van der Waals surface area contributed by atoms with Gasteiger partial charge < -0.3 is 14.8 Å². The van der Waals surface area contributed by atoms with Gasteiger partial charge in [-0.25, -0.2) is 9.48 Å². The van der Waals surface area contributed by atoms with Crippen molar-refractivity contribution in [3.8, 4) is 5.75 Å². The Labute approximate surface area is 214 Å². The molecule has 0 aliphatic carbocycles. The van der Waals surface area contributed by atoms with E-state index in [9.17, 15) is 4.79 Å². The molecule has 1 unspecified atom stereocenters. The lowest BCUT2D eigenvalue weighted by Crippen LogP contribution is -2.29. The number of fused-ring (bicyclic) bond motifs is 1. The Balaban J connectivity index is 1.60. The van der Waals surface area contributed by atoms with Gasteiger partial charge in [-0.05, 0) is 54.5 Å². The van der Waals surface area contributed by atoms with E-state index in [1.54, 1.807) is 16.4 Å². The van der Waals surface area contributed by atoms with Crippen LogP contribution in [0.4, 0.5) is 5.95 Å². The smallest absolute Gasteiger partial charge is 0.338 e. The number of ether oxygens (including phenoxy) is 2. The summed E-state index contributed by atoms with van der Waals surface area (Å²) in [4.78, 5) is 17.7. The van der Waals surface area contributed by atoms with Crippen LogP contribution in [0.25, 0.3) is 0 Å². The van der Waals surface area contributed by atoms with Crippen LogP contribution < -0.4 is 10.1 Å². The zero-order valence-electron chi connectivity index (χ0n) is 20.1. The van der Waals surface area contributed by atoms with E-state index in [0.29, 0.717) is 40.6 Å². The molecule has 1 aromatic heterocycles. The van der Waals surface area contributed by atoms with Crippen molar-refractivity contribution in [2.75, 3.05) is 17.7 Å². The minimum atomic E-state index is -0.454. The molecule has 0 fully saturated rings. The first-order chi connectivity index (χ1) is 17.0. The van der Waals surface area contributed by atoms with Gasteiger partial charge in [-0.3, -0.25) is 0 Å². The number of carbonyl (C=O) groups excluding carboxylic acids is 1. The first-order valence-corrected chi connectivity index (χ1v) is 13.1. The van der Waals surface area contributed by atoms with E-state index in [2.05, 4.69) is 29.2 Å². The van der Waals surface area contributed by atoms with Gasteiger partial charge in [-0.15, -0.1) is 5.10 Å². The summed E-state index contributed by atoms with van der Waals surface area (Å²) in [6.07, 6.45) is 1.77. The van der Waals surface area contributed by atoms with Gasteiger partial charge in [0.2, 0.25) is 11.1 Å². The highest BCUT2D eigenvalue weighted by molar-refractivity contribution is 7.99. The number of halogens is 1. The number of thioether (sulfide) groups is 1. The standard InChI is InChI=1S/C26H29ClN4O3S/c1-4-6-15-33-24(32)22-17(3)28-25-29-26(35-5-2)30-31(25)23(22)19-9-13-21(14-10-19)34-16-18-7-11-20(27)12-8-18/h7-14,23H,4-6,15-16H2,1-3H3,(H,28,29,30). The van der Waals surface area contributed by atoms with E-state index < -0.39 is 6.04 Å². The van der Waals surface area contributed by atoms with Crippen molar-refractivity contribution >= 4 is 35.3 Å². The minimum Gasteiger partial charge on any atom is -0.489 e. The molecule has 1 aliphatic rings. The van der Waals surface area contributed by atoms with Crippen LogP contribution >= 0.6 is 23.4 Å². The van der Waals surface area contributed by atoms with Crippen LogP contribution in [0.15, 0.2) is 65.0 Å². The summed E-state index contributed by atoms with van der Waals surface area (Å²) in [6.45, 7) is 6.81. The van der Waals surface area contributed by atoms with Crippen LogP contribution in [0.5, 0.6) is 5.75 Å². The largest absolute Gasteiger partial charge is 0.489 e. The molecule has 7 nitrogen and oxygen atoms in total. The van der Waals surface area contributed by atoms with Crippen molar-refractivity contribution in [3.63, 3.8) is 0 Å². The topological polar surface area (TPSA) is 78.3 Å². The molecule has 1 atom stereocenters. The third kappa shape index (κ3) is 6.00. The number of nitrogens with one attached hydrogen (secondary N) is 1. The molecule has 3 aromatic rings. The van der Waals surface area contributed by atoms with Crippen LogP contribution in [0.3, 0.4) is 0 Å². The fourth-order valence-electron chi connectivity index (χ4n) is 3.77. The highest BCUT2D eigenvalue weighted by Gasteiger charge is 2.35. The highest BCUT2D eigenvalue weighted by Crippen LogP contribution is 2.37. The molecule has 1 aliphatic heterocycles. The second-order valence-corrected chi connectivity index (χ2v) is 9.80. The Bertz CT molecular complexity index is 1190. The Kier molecular flexibility index (Phi) is 8.36. The Hall–Kier alpha value is -2.97. The number of hydrogen-bond donors (Lipinski definition) is 1. The van der Waals surface area contributed by atoms with Crippen molar-refractivity contribution in [3.05, 3.63) is 76.0 Å².